The van der Waals surface area contributed by atoms with Gasteiger partial charge in [0.25, 0.3) is 5.91 Å². The first-order chi connectivity index (χ1) is 11.9. The van der Waals surface area contributed by atoms with Crippen molar-refractivity contribution in [1.82, 2.24) is 4.57 Å². The van der Waals surface area contributed by atoms with Crippen molar-refractivity contribution in [2.45, 2.75) is 19.9 Å². The number of amides is 1. The van der Waals surface area contributed by atoms with Crippen molar-refractivity contribution in [2.24, 2.45) is 0 Å². The van der Waals surface area contributed by atoms with Gasteiger partial charge < -0.3 is 10.1 Å². The normalized spacial score (nSPS) is 11.0. The van der Waals surface area contributed by atoms with Gasteiger partial charge in [0.2, 0.25) is 0 Å². The van der Waals surface area contributed by atoms with E-state index in [0.29, 0.717) is 11.4 Å². The van der Waals surface area contributed by atoms with Gasteiger partial charge in [0.15, 0.2) is 6.61 Å². The van der Waals surface area contributed by atoms with Crippen LogP contribution in [0.1, 0.15) is 19.9 Å². The first-order valence-electron chi connectivity index (χ1n) is 7.77. The highest BCUT2D eigenvalue weighted by Crippen LogP contribution is 2.24. The van der Waals surface area contributed by atoms with E-state index in [9.17, 15) is 9.59 Å². The van der Waals surface area contributed by atoms with Gasteiger partial charge in [0, 0.05) is 16.2 Å². The molecule has 3 aromatic rings. The molecule has 0 spiro atoms. The molecule has 130 valence electrons. The number of fused-ring (bicyclic) bond motifs is 1. The SMILES string of the molecule is CC(C)n1c(=O)sc2cc(NC(=O)COc3ccc(Br)cc3)ccc21. The van der Waals surface area contributed by atoms with Crippen LogP contribution >= 0.6 is 27.3 Å². The van der Waals surface area contributed by atoms with E-state index in [-0.39, 0.29) is 23.4 Å². The summed E-state index contributed by atoms with van der Waals surface area (Å²) in [4.78, 5) is 24.1. The first-order valence-corrected chi connectivity index (χ1v) is 9.38. The molecule has 1 amide bonds. The second-order valence-corrected chi connectivity index (χ2v) is 7.71. The third kappa shape index (κ3) is 4.11. The Balaban J connectivity index is 1.69. The minimum atomic E-state index is -0.252. The first kappa shape index (κ1) is 17.7. The smallest absolute Gasteiger partial charge is 0.308 e. The molecule has 0 fully saturated rings. The minimum Gasteiger partial charge on any atom is -0.484 e. The third-order valence-corrected chi connectivity index (χ3v) is 5.04. The molecule has 0 saturated heterocycles. The standard InChI is InChI=1S/C18H17BrN2O3S/c1-11(2)21-15-8-5-13(9-16(15)25-18(21)23)20-17(22)10-24-14-6-3-12(19)4-7-14/h3-9,11H,10H2,1-2H3,(H,20,22). The van der Waals surface area contributed by atoms with Gasteiger partial charge in [-0.15, -0.1) is 0 Å². The van der Waals surface area contributed by atoms with Gasteiger partial charge in [-0.05, 0) is 56.3 Å². The highest BCUT2D eigenvalue weighted by Gasteiger charge is 2.11. The minimum absolute atomic E-state index is 0.00653. The number of halogens is 1. The fraction of sp³-hybridized carbons (Fsp3) is 0.222. The summed E-state index contributed by atoms with van der Waals surface area (Å²) in [5, 5.41) is 2.80. The van der Waals surface area contributed by atoms with E-state index in [1.807, 2.05) is 38.1 Å². The van der Waals surface area contributed by atoms with E-state index < -0.39 is 0 Å². The summed E-state index contributed by atoms with van der Waals surface area (Å²) in [7, 11) is 0. The number of anilines is 1. The van der Waals surface area contributed by atoms with Crippen molar-refractivity contribution in [2.75, 3.05) is 11.9 Å². The molecule has 1 heterocycles. The zero-order chi connectivity index (χ0) is 18.0. The van der Waals surface area contributed by atoms with Crippen LogP contribution in [0.3, 0.4) is 0 Å². The summed E-state index contributed by atoms with van der Waals surface area (Å²) in [6.45, 7) is 3.87. The lowest BCUT2D eigenvalue weighted by molar-refractivity contribution is -0.118. The maximum absolute atomic E-state index is 12.1. The Labute approximate surface area is 157 Å². The van der Waals surface area contributed by atoms with Crippen LogP contribution in [0.2, 0.25) is 0 Å². The monoisotopic (exact) mass is 420 g/mol. The summed E-state index contributed by atoms with van der Waals surface area (Å²) in [6.07, 6.45) is 0. The number of thiazole rings is 1. The molecule has 25 heavy (non-hydrogen) atoms. The van der Waals surface area contributed by atoms with Crippen LogP contribution in [0.4, 0.5) is 5.69 Å². The second kappa shape index (κ2) is 7.41. The fourth-order valence-corrected chi connectivity index (χ4v) is 3.80. The number of hydrogen-bond donors (Lipinski definition) is 1. The fourth-order valence-electron chi connectivity index (χ4n) is 2.48. The Morgan fingerprint density at radius 2 is 1.96 bits per heavy atom. The van der Waals surface area contributed by atoms with E-state index in [1.54, 1.807) is 22.8 Å². The maximum atomic E-state index is 12.1. The molecule has 7 heteroatoms. The number of ether oxygens (including phenoxy) is 1. The Hall–Kier alpha value is -2.12. The summed E-state index contributed by atoms with van der Waals surface area (Å²) >= 11 is 4.53. The molecule has 1 aromatic heterocycles. The van der Waals surface area contributed by atoms with Crippen molar-refractivity contribution >= 4 is 49.1 Å². The zero-order valence-corrected chi connectivity index (χ0v) is 16.2. The highest BCUT2D eigenvalue weighted by atomic mass is 79.9. The van der Waals surface area contributed by atoms with Crippen molar-refractivity contribution in [3.63, 3.8) is 0 Å². The molecule has 0 unspecified atom stereocenters. The number of benzene rings is 2. The third-order valence-electron chi connectivity index (χ3n) is 3.60. The Morgan fingerprint density at radius 1 is 1.24 bits per heavy atom. The van der Waals surface area contributed by atoms with E-state index in [2.05, 4.69) is 21.2 Å². The number of aromatic nitrogens is 1. The van der Waals surface area contributed by atoms with Crippen molar-refractivity contribution in [3.05, 3.63) is 56.6 Å². The number of carbonyl (C=O) groups excluding carboxylic acids is 1. The highest BCUT2D eigenvalue weighted by molar-refractivity contribution is 9.10. The van der Waals surface area contributed by atoms with Gasteiger partial charge in [-0.3, -0.25) is 14.2 Å². The van der Waals surface area contributed by atoms with Gasteiger partial charge in [-0.25, -0.2) is 0 Å². The van der Waals surface area contributed by atoms with Crippen LogP contribution < -0.4 is 14.9 Å². The Bertz CT molecular complexity index is 961. The molecular weight excluding hydrogens is 404 g/mol. The lowest BCUT2D eigenvalue weighted by Crippen LogP contribution is -2.20. The average Bonchev–Trinajstić information content (AvgIpc) is 2.89. The van der Waals surface area contributed by atoms with E-state index >= 15 is 0 Å². The van der Waals surface area contributed by atoms with Gasteiger partial charge in [-0.2, -0.15) is 0 Å². The lowest BCUT2D eigenvalue weighted by atomic mass is 10.2. The molecule has 3 rings (SSSR count). The number of rotatable bonds is 5. The number of nitrogens with one attached hydrogen (secondary N) is 1. The molecule has 2 aromatic carbocycles. The molecule has 0 radical (unpaired) electrons. The number of carbonyl (C=O) groups is 1. The van der Waals surface area contributed by atoms with E-state index in [0.717, 1.165) is 14.7 Å². The number of nitrogens with zero attached hydrogens (tertiary/aromatic N) is 1. The summed E-state index contributed by atoms with van der Waals surface area (Å²) in [6, 6.07) is 12.8. The molecule has 0 saturated carbocycles. The summed E-state index contributed by atoms with van der Waals surface area (Å²) < 4.78 is 9.01. The quantitative estimate of drug-likeness (QED) is 0.664. The molecule has 0 aliphatic heterocycles. The molecule has 0 aliphatic carbocycles. The van der Waals surface area contributed by atoms with Gasteiger partial charge in [0.1, 0.15) is 5.75 Å². The molecule has 0 bridgehead atoms. The van der Waals surface area contributed by atoms with Crippen LogP contribution in [0.5, 0.6) is 5.75 Å². The summed E-state index contributed by atoms with van der Waals surface area (Å²) in [5.41, 5.74) is 1.53. The van der Waals surface area contributed by atoms with Crippen LogP contribution in [-0.2, 0) is 4.79 Å². The van der Waals surface area contributed by atoms with Gasteiger partial charge in [0.05, 0.1) is 10.2 Å². The molecule has 5 nitrogen and oxygen atoms in total. The van der Waals surface area contributed by atoms with Crippen LogP contribution in [-0.4, -0.2) is 17.1 Å². The van der Waals surface area contributed by atoms with E-state index in [1.165, 1.54) is 11.3 Å². The molecule has 0 aliphatic rings. The molecular formula is C18H17BrN2O3S. The number of hydrogen-bond acceptors (Lipinski definition) is 4. The Morgan fingerprint density at radius 3 is 2.64 bits per heavy atom. The molecule has 1 N–H and O–H groups in total. The average molecular weight is 421 g/mol. The van der Waals surface area contributed by atoms with Crippen molar-refractivity contribution in [3.8, 4) is 5.75 Å². The second-order valence-electron chi connectivity index (χ2n) is 5.80. The lowest BCUT2D eigenvalue weighted by Gasteiger charge is -2.09. The predicted octanol–water partition coefficient (Wildman–Crippen LogP) is 4.42. The van der Waals surface area contributed by atoms with Gasteiger partial charge >= 0.3 is 4.87 Å². The van der Waals surface area contributed by atoms with Gasteiger partial charge in [-0.1, -0.05) is 27.3 Å². The summed E-state index contributed by atoms with van der Waals surface area (Å²) in [5.74, 6) is 0.374. The van der Waals surface area contributed by atoms with Crippen LogP contribution in [0.15, 0.2) is 51.7 Å². The molecule has 0 atom stereocenters. The van der Waals surface area contributed by atoms with Crippen LogP contribution in [0, 0.1) is 0 Å². The van der Waals surface area contributed by atoms with Crippen molar-refractivity contribution in [1.29, 1.82) is 0 Å². The predicted molar refractivity (Wildman–Crippen MR) is 105 cm³/mol. The zero-order valence-electron chi connectivity index (χ0n) is 13.8. The topological polar surface area (TPSA) is 60.3 Å². The van der Waals surface area contributed by atoms with Crippen molar-refractivity contribution < 1.29 is 9.53 Å². The Kier molecular flexibility index (Phi) is 5.24. The largest absolute Gasteiger partial charge is 0.484 e. The maximum Gasteiger partial charge on any atom is 0.308 e. The van der Waals surface area contributed by atoms with Crippen LogP contribution in [0.25, 0.3) is 10.2 Å². The van der Waals surface area contributed by atoms with E-state index in [4.69, 9.17) is 4.74 Å².